The monoisotopic (exact) mass is 485 g/mol. The minimum absolute atomic E-state index is 0.0901. The number of fused-ring (bicyclic) bond motifs is 1. The number of benzene rings is 3. The Morgan fingerprint density at radius 1 is 1.00 bits per heavy atom. The van der Waals surface area contributed by atoms with E-state index in [0.717, 1.165) is 28.1 Å². The van der Waals surface area contributed by atoms with E-state index in [1.165, 1.54) is 17.3 Å². The molecule has 0 saturated heterocycles. The van der Waals surface area contributed by atoms with E-state index in [1.807, 2.05) is 67.1 Å². The summed E-state index contributed by atoms with van der Waals surface area (Å²) in [7, 11) is 0. The molecule has 0 spiro atoms. The SMILES string of the molecule is Cc1ccc([C@H]2Nn3c(COc4ccccc4)nnc3S[C@@H]2C(=O)Nc2ccc(C)c(C)c2)cc1. The van der Waals surface area contributed by atoms with Crippen molar-refractivity contribution in [1.29, 1.82) is 0 Å². The average molecular weight is 486 g/mol. The summed E-state index contributed by atoms with van der Waals surface area (Å²) < 4.78 is 7.73. The summed E-state index contributed by atoms with van der Waals surface area (Å²) >= 11 is 1.40. The van der Waals surface area contributed by atoms with Crippen LogP contribution in [0.25, 0.3) is 0 Å². The average Bonchev–Trinajstić information content (AvgIpc) is 3.27. The van der Waals surface area contributed by atoms with E-state index in [4.69, 9.17) is 4.74 Å². The minimum atomic E-state index is -0.445. The molecule has 0 saturated carbocycles. The number of nitrogens with zero attached hydrogens (tertiary/aromatic N) is 3. The molecule has 4 aromatic rings. The van der Waals surface area contributed by atoms with Crippen LogP contribution in [0.1, 0.15) is 34.1 Å². The highest BCUT2D eigenvalue weighted by Gasteiger charge is 2.38. The topological polar surface area (TPSA) is 81.1 Å². The molecule has 35 heavy (non-hydrogen) atoms. The summed E-state index contributed by atoms with van der Waals surface area (Å²) in [5.41, 5.74) is 8.76. The molecule has 1 aromatic heterocycles. The summed E-state index contributed by atoms with van der Waals surface area (Å²) in [4.78, 5) is 13.5. The van der Waals surface area contributed by atoms with Crippen molar-refractivity contribution in [2.24, 2.45) is 0 Å². The molecule has 0 aliphatic carbocycles. The van der Waals surface area contributed by atoms with E-state index < -0.39 is 5.25 Å². The van der Waals surface area contributed by atoms with Gasteiger partial charge in [0.05, 0.1) is 6.04 Å². The Morgan fingerprint density at radius 3 is 2.51 bits per heavy atom. The zero-order chi connectivity index (χ0) is 24.4. The van der Waals surface area contributed by atoms with Gasteiger partial charge in [-0.05, 0) is 61.7 Å². The highest BCUT2D eigenvalue weighted by Crippen LogP contribution is 2.38. The molecule has 2 atom stereocenters. The van der Waals surface area contributed by atoms with Crippen LogP contribution in [0, 0.1) is 20.8 Å². The van der Waals surface area contributed by atoms with Crippen molar-refractivity contribution in [3.63, 3.8) is 0 Å². The van der Waals surface area contributed by atoms with Gasteiger partial charge in [0.15, 0.2) is 5.82 Å². The van der Waals surface area contributed by atoms with Gasteiger partial charge in [0.25, 0.3) is 0 Å². The fourth-order valence-corrected chi connectivity index (χ4v) is 5.01. The number of carbonyl (C=O) groups excluding carboxylic acids is 1. The Balaban J connectivity index is 1.42. The third-order valence-corrected chi connectivity index (χ3v) is 7.30. The molecule has 3 aromatic carbocycles. The van der Waals surface area contributed by atoms with Crippen molar-refractivity contribution in [3.8, 4) is 5.75 Å². The number of aryl methyl sites for hydroxylation is 3. The number of ether oxygens (including phenoxy) is 1. The molecule has 0 unspecified atom stereocenters. The van der Waals surface area contributed by atoms with Crippen molar-refractivity contribution in [1.82, 2.24) is 14.9 Å². The van der Waals surface area contributed by atoms with Gasteiger partial charge in [-0.3, -0.25) is 4.79 Å². The van der Waals surface area contributed by atoms with Crippen molar-refractivity contribution in [2.45, 2.75) is 43.8 Å². The van der Waals surface area contributed by atoms with Gasteiger partial charge in [0.1, 0.15) is 17.6 Å². The normalized spacial score (nSPS) is 16.8. The molecule has 1 aliphatic rings. The largest absolute Gasteiger partial charge is 0.486 e. The van der Waals surface area contributed by atoms with Gasteiger partial charge in [-0.15, -0.1) is 10.2 Å². The molecule has 7 nitrogen and oxygen atoms in total. The number of carbonyl (C=O) groups is 1. The molecule has 2 N–H and O–H groups in total. The number of hydrogen-bond acceptors (Lipinski definition) is 6. The van der Waals surface area contributed by atoms with Crippen molar-refractivity contribution >= 4 is 23.4 Å². The van der Waals surface area contributed by atoms with Gasteiger partial charge in [0.2, 0.25) is 11.1 Å². The van der Waals surface area contributed by atoms with Crippen molar-refractivity contribution < 1.29 is 9.53 Å². The molecule has 0 radical (unpaired) electrons. The van der Waals surface area contributed by atoms with Crippen molar-refractivity contribution in [3.05, 3.63) is 101 Å². The molecule has 5 rings (SSSR count). The minimum Gasteiger partial charge on any atom is -0.486 e. The predicted octanol–water partition coefficient (Wildman–Crippen LogP) is 5.18. The maximum atomic E-state index is 13.5. The number of anilines is 1. The van der Waals surface area contributed by atoms with Gasteiger partial charge in [0, 0.05) is 5.69 Å². The molecular formula is C27H27N5O2S. The summed E-state index contributed by atoms with van der Waals surface area (Å²) in [5, 5.41) is 11.9. The van der Waals surface area contributed by atoms with Crippen LogP contribution in [-0.2, 0) is 11.4 Å². The van der Waals surface area contributed by atoms with Crippen LogP contribution in [0.2, 0.25) is 0 Å². The van der Waals surface area contributed by atoms with Gasteiger partial charge in [-0.2, -0.15) is 0 Å². The van der Waals surface area contributed by atoms with E-state index in [1.54, 1.807) is 0 Å². The summed E-state index contributed by atoms with van der Waals surface area (Å²) in [6.45, 7) is 6.40. The number of hydrogen-bond donors (Lipinski definition) is 2. The Morgan fingerprint density at radius 2 is 1.77 bits per heavy atom. The quantitative estimate of drug-likeness (QED) is 0.392. The fraction of sp³-hybridized carbons (Fsp3) is 0.222. The Bertz CT molecular complexity index is 1340. The van der Waals surface area contributed by atoms with Crippen LogP contribution in [0.4, 0.5) is 5.69 Å². The van der Waals surface area contributed by atoms with Crippen LogP contribution in [0.15, 0.2) is 78.0 Å². The molecular weight excluding hydrogens is 458 g/mol. The molecule has 1 amide bonds. The third kappa shape index (κ3) is 5.02. The standard InChI is InChI=1S/C27H27N5O2S/c1-17-9-12-20(13-10-17)24-25(26(33)28-21-14-11-18(2)19(3)15-21)35-27-30-29-23(32(27)31-24)16-34-22-7-5-4-6-8-22/h4-15,24-25,31H,16H2,1-3H3,(H,28,33)/t24-,25+/m1/s1. The maximum Gasteiger partial charge on any atom is 0.240 e. The summed E-state index contributed by atoms with van der Waals surface area (Å²) in [6.07, 6.45) is 0. The molecule has 8 heteroatoms. The zero-order valence-electron chi connectivity index (χ0n) is 19.9. The van der Waals surface area contributed by atoms with Crippen molar-refractivity contribution in [2.75, 3.05) is 10.7 Å². The van der Waals surface area contributed by atoms with Crippen LogP contribution < -0.4 is 15.5 Å². The van der Waals surface area contributed by atoms with Gasteiger partial charge < -0.3 is 15.5 Å². The predicted molar refractivity (Wildman–Crippen MR) is 138 cm³/mol. The van der Waals surface area contributed by atoms with E-state index in [2.05, 4.69) is 52.1 Å². The number of rotatable bonds is 6. The van der Waals surface area contributed by atoms with Gasteiger partial charge in [-0.25, -0.2) is 4.68 Å². The van der Waals surface area contributed by atoms with E-state index in [0.29, 0.717) is 11.0 Å². The van der Waals surface area contributed by atoms with Crippen LogP contribution in [0.5, 0.6) is 5.75 Å². The molecule has 0 bridgehead atoms. The van der Waals surface area contributed by atoms with Gasteiger partial charge >= 0.3 is 0 Å². The first-order chi connectivity index (χ1) is 17.0. The lowest BCUT2D eigenvalue weighted by atomic mass is 10.0. The lowest BCUT2D eigenvalue weighted by Gasteiger charge is -2.33. The first-order valence-corrected chi connectivity index (χ1v) is 12.4. The number of aromatic nitrogens is 3. The first-order valence-electron chi connectivity index (χ1n) is 11.5. The highest BCUT2D eigenvalue weighted by molar-refractivity contribution is 8.00. The van der Waals surface area contributed by atoms with E-state index in [9.17, 15) is 4.79 Å². The van der Waals surface area contributed by atoms with E-state index in [-0.39, 0.29) is 18.6 Å². The first kappa shape index (κ1) is 23.0. The summed E-state index contributed by atoms with van der Waals surface area (Å²) in [6, 6.07) is 23.5. The second-order valence-corrected chi connectivity index (χ2v) is 9.79. The lowest BCUT2D eigenvalue weighted by Crippen LogP contribution is -2.41. The van der Waals surface area contributed by atoms with Crippen LogP contribution in [0.3, 0.4) is 0 Å². The Hall–Kier alpha value is -3.78. The van der Waals surface area contributed by atoms with Crippen LogP contribution in [-0.4, -0.2) is 26.0 Å². The number of amides is 1. The molecule has 178 valence electrons. The Kier molecular flexibility index (Phi) is 6.46. The highest BCUT2D eigenvalue weighted by atomic mass is 32.2. The fourth-order valence-electron chi connectivity index (χ4n) is 3.91. The third-order valence-electron chi connectivity index (χ3n) is 6.08. The molecule has 0 fully saturated rings. The Labute approximate surface area is 208 Å². The zero-order valence-corrected chi connectivity index (χ0v) is 20.7. The van der Waals surface area contributed by atoms with Gasteiger partial charge in [-0.1, -0.05) is 65.9 Å². The van der Waals surface area contributed by atoms with E-state index >= 15 is 0 Å². The maximum absolute atomic E-state index is 13.5. The number of para-hydroxylation sites is 1. The number of thioether (sulfide) groups is 1. The number of nitrogens with one attached hydrogen (secondary N) is 2. The smallest absolute Gasteiger partial charge is 0.240 e. The second-order valence-electron chi connectivity index (χ2n) is 8.68. The summed E-state index contributed by atoms with van der Waals surface area (Å²) in [5.74, 6) is 1.31. The van der Waals surface area contributed by atoms with Crippen LogP contribution >= 0.6 is 11.8 Å². The molecule has 2 heterocycles. The second kappa shape index (κ2) is 9.84. The lowest BCUT2D eigenvalue weighted by molar-refractivity contribution is -0.116. The molecule has 1 aliphatic heterocycles.